The largest absolute Gasteiger partial charge is 0.465 e. The second-order valence-electron chi connectivity index (χ2n) is 3.31. The summed E-state index contributed by atoms with van der Waals surface area (Å²) in [6, 6.07) is 2.38. The van der Waals surface area contributed by atoms with Crippen LogP contribution < -0.4 is 5.73 Å². The number of aliphatic imine (C=N–C) groups is 1. The number of halogens is 2. The number of nitro benzene ring substituents is 1. The fraction of sp³-hybridized carbons (Fsp3) is 0.200. The van der Waals surface area contributed by atoms with Gasteiger partial charge in [0.05, 0.1) is 29.2 Å². The van der Waals surface area contributed by atoms with Crippen LogP contribution in [0.4, 0.5) is 11.4 Å². The van der Waals surface area contributed by atoms with Crippen LogP contribution in [-0.2, 0) is 4.74 Å². The van der Waals surface area contributed by atoms with Gasteiger partial charge in [-0.25, -0.2) is 9.79 Å². The lowest BCUT2D eigenvalue weighted by Gasteiger charge is -2.07. The van der Waals surface area contributed by atoms with Crippen LogP contribution >= 0.6 is 34.2 Å². The maximum atomic E-state index is 11.6. The molecule has 0 atom stereocenters. The van der Waals surface area contributed by atoms with Crippen LogP contribution in [0.1, 0.15) is 10.4 Å². The Bertz CT molecular complexity index is 562. The highest BCUT2D eigenvalue weighted by atomic mass is 127. The van der Waals surface area contributed by atoms with Gasteiger partial charge in [0.15, 0.2) is 0 Å². The molecule has 0 aliphatic carbocycles. The Balaban J connectivity index is 3.52. The molecule has 102 valence electrons. The highest BCUT2D eigenvalue weighted by Gasteiger charge is 2.20. The van der Waals surface area contributed by atoms with Crippen LogP contribution in [-0.4, -0.2) is 29.7 Å². The van der Waals surface area contributed by atoms with Crippen LogP contribution in [0, 0.1) is 13.7 Å². The van der Waals surface area contributed by atoms with Gasteiger partial charge in [0, 0.05) is 15.7 Å². The Morgan fingerprint density at radius 3 is 2.74 bits per heavy atom. The van der Waals surface area contributed by atoms with E-state index in [1.807, 2.05) is 22.6 Å². The first-order chi connectivity index (χ1) is 8.90. The molecule has 0 aliphatic rings. The zero-order valence-electron chi connectivity index (χ0n) is 9.72. The lowest BCUT2D eigenvalue weighted by molar-refractivity contribution is -0.385. The van der Waals surface area contributed by atoms with Crippen LogP contribution in [0.5, 0.6) is 0 Å². The molecule has 0 heterocycles. The first-order valence-corrected chi connectivity index (χ1v) is 6.47. The van der Waals surface area contributed by atoms with Crippen molar-refractivity contribution in [1.29, 1.82) is 0 Å². The Kier molecular flexibility index (Phi) is 5.48. The van der Waals surface area contributed by atoms with Crippen molar-refractivity contribution < 1.29 is 14.5 Å². The topological polar surface area (TPSA) is 108 Å². The van der Waals surface area contributed by atoms with Gasteiger partial charge >= 0.3 is 5.97 Å². The van der Waals surface area contributed by atoms with Gasteiger partial charge in [-0.1, -0.05) is 0 Å². The van der Waals surface area contributed by atoms with Gasteiger partial charge in [-0.05, 0) is 22.6 Å². The van der Waals surface area contributed by atoms with E-state index < -0.39 is 10.9 Å². The number of hydrogen-bond acceptors (Lipinski definition) is 5. The summed E-state index contributed by atoms with van der Waals surface area (Å²) in [5.74, 6) is -0.658. The Morgan fingerprint density at radius 2 is 2.26 bits per heavy atom. The molecule has 0 aromatic heterocycles. The zero-order valence-corrected chi connectivity index (χ0v) is 12.6. The van der Waals surface area contributed by atoms with E-state index in [0.29, 0.717) is 3.57 Å². The van der Waals surface area contributed by atoms with E-state index in [1.54, 1.807) is 0 Å². The summed E-state index contributed by atoms with van der Waals surface area (Å²) in [6.45, 7) is 0. The third-order valence-corrected chi connectivity index (χ3v) is 3.15. The minimum atomic E-state index is -0.734. The van der Waals surface area contributed by atoms with E-state index in [2.05, 4.69) is 9.73 Å². The van der Waals surface area contributed by atoms with Crippen LogP contribution in [0.15, 0.2) is 17.1 Å². The normalized spacial score (nSPS) is 11.2. The van der Waals surface area contributed by atoms with Crippen molar-refractivity contribution in [3.8, 4) is 0 Å². The Hall–Kier alpha value is -1.42. The number of ether oxygens (including phenoxy) is 1. The summed E-state index contributed by atoms with van der Waals surface area (Å²) >= 11 is 7.35. The molecule has 0 unspecified atom stereocenters. The summed E-state index contributed by atoms with van der Waals surface area (Å²) in [5, 5.41) is 10.8. The smallest absolute Gasteiger partial charge is 0.340 e. The predicted molar refractivity (Wildman–Crippen MR) is 79.2 cm³/mol. The quantitative estimate of drug-likeness (QED) is 0.159. The van der Waals surface area contributed by atoms with E-state index in [1.165, 1.54) is 13.2 Å². The first-order valence-electron chi connectivity index (χ1n) is 4.86. The molecule has 0 saturated heterocycles. The molecular formula is C10H9ClIN3O4. The molecule has 19 heavy (non-hydrogen) atoms. The van der Waals surface area contributed by atoms with Gasteiger partial charge in [-0.3, -0.25) is 10.1 Å². The summed E-state index contributed by atoms with van der Waals surface area (Å²) in [6.07, 6.45) is 0. The monoisotopic (exact) mass is 397 g/mol. The molecule has 0 aliphatic heterocycles. The fourth-order valence-electron chi connectivity index (χ4n) is 1.24. The standard InChI is InChI=1S/C10H9ClIN3O4/c1-19-10(16)6-2-5(15(17)18)3-7(12)9(6)14-8(13)4-11/h2-3H,4H2,1H3,(H2,13,14). The molecule has 0 saturated carbocycles. The second kappa shape index (κ2) is 6.66. The second-order valence-corrected chi connectivity index (χ2v) is 4.74. The van der Waals surface area contributed by atoms with Crippen molar-refractivity contribution in [3.05, 3.63) is 31.4 Å². The van der Waals surface area contributed by atoms with Gasteiger partial charge in [-0.15, -0.1) is 11.6 Å². The van der Waals surface area contributed by atoms with Gasteiger partial charge in [0.1, 0.15) is 5.84 Å². The first kappa shape index (κ1) is 15.6. The number of carbonyl (C=O) groups excluding carboxylic acids is 1. The van der Waals surface area contributed by atoms with Gasteiger partial charge in [0.25, 0.3) is 5.69 Å². The lowest BCUT2D eigenvalue weighted by Crippen LogP contribution is -2.13. The zero-order chi connectivity index (χ0) is 14.6. The summed E-state index contributed by atoms with van der Waals surface area (Å²) in [5.41, 5.74) is 5.45. The molecular weight excluding hydrogens is 388 g/mol. The van der Waals surface area contributed by atoms with Crippen molar-refractivity contribution in [2.75, 3.05) is 13.0 Å². The Morgan fingerprint density at radius 1 is 1.63 bits per heavy atom. The average Bonchev–Trinajstić information content (AvgIpc) is 2.39. The van der Waals surface area contributed by atoms with E-state index >= 15 is 0 Å². The number of nitro groups is 1. The fourth-order valence-corrected chi connectivity index (χ4v) is 2.03. The number of carbonyl (C=O) groups is 1. The molecule has 0 spiro atoms. The van der Waals surface area contributed by atoms with E-state index in [4.69, 9.17) is 17.3 Å². The molecule has 1 aromatic carbocycles. The van der Waals surface area contributed by atoms with Crippen LogP contribution in [0.3, 0.4) is 0 Å². The number of nitrogens with two attached hydrogens (primary N) is 1. The minimum Gasteiger partial charge on any atom is -0.465 e. The average molecular weight is 398 g/mol. The molecule has 7 nitrogen and oxygen atoms in total. The number of benzene rings is 1. The van der Waals surface area contributed by atoms with E-state index in [-0.39, 0.29) is 28.7 Å². The number of methoxy groups -OCH3 is 1. The number of amidine groups is 1. The van der Waals surface area contributed by atoms with Crippen LogP contribution in [0.2, 0.25) is 0 Å². The third kappa shape index (κ3) is 3.77. The van der Waals surface area contributed by atoms with Gasteiger partial charge in [0.2, 0.25) is 0 Å². The molecule has 0 fully saturated rings. The summed E-state index contributed by atoms with van der Waals surface area (Å²) < 4.78 is 4.98. The highest BCUT2D eigenvalue weighted by molar-refractivity contribution is 14.1. The van der Waals surface area contributed by atoms with Crippen LogP contribution in [0.25, 0.3) is 0 Å². The number of rotatable bonds is 4. The number of alkyl halides is 1. The van der Waals surface area contributed by atoms with Crippen molar-refractivity contribution in [1.82, 2.24) is 0 Å². The summed E-state index contributed by atoms with van der Waals surface area (Å²) in [4.78, 5) is 25.8. The minimum absolute atomic E-state index is 0.0202. The lowest BCUT2D eigenvalue weighted by atomic mass is 10.1. The molecule has 9 heteroatoms. The van der Waals surface area contributed by atoms with E-state index in [0.717, 1.165) is 6.07 Å². The predicted octanol–water partition coefficient (Wildman–Crippen LogP) is 2.21. The highest BCUT2D eigenvalue weighted by Crippen LogP contribution is 2.31. The Labute approximate surface area is 127 Å². The number of non-ortho nitro benzene ring substituents is 1. The maximum absolute atomic E-state index is 11.6. The molecule has 1 aromatic rings. The molecule has 2 N–H and O–H groups in total. The number of esters is 1. The third-order valence-electron chi connectivity index (χ3n) is 2.06. The van der Waals surface area contributed by atoms with Crippen molar-refractivity contribution in [2.45, 2.75) is 0 Å². The molecule has 0 amide bonds. The molecule has 1 rings (SSSR count). The van der Waals surface area contributed by atoms with Gasteiger partial charge in [-0.2, -0.15) is 0 Å². The van der Waals surface area contributed by atoms with Gasteiger partial charge < -0.3 is 10.5 Å². The SMILES string of the molecule is COC(=O)c1cc([N+](=O)[O-])cc(I)c1N=C(N)CCl. The van der Waals surface area contributed by atoms with Crippen molar-refractivity contribution in [2.24, 2.45) is 10.7 Å². The van der Waals surface area contributed by atoms with Crippen molar-refractivity contribution >= 4 is 57.4 Å². The summed E-state index contributed by atoms with van der Waals surface area (Å²) in [7, 11) is 1.17. The number of nitrogens with zero attached hydrogens (tertiary/aromatic N) is 2. The van der Waals surface area contributed by atoms with Crippen molar-refractivity contribution in [3.63, 3.8) is 0 Å². The maximum Gasteiger partial charge on any atom is 0.340 e. The number of hydrogen-bond donors (Lipinski definition) is 1. The van der Waals surface area contributed by atoms with E-state index in [9.17, 15) is 14.9 Å². The molecule has 0 bridgehead atoms. The molecule has 0 radical (unpaired) electrons.